The van der Waals surface area contributed by atoms with Gasteiger partial charge in [0.2, 0.25) is 0 Å². The molecule has 7 heteroatoms. The Morgan fingerprint density at radius 1 is 1.41 bits per heavy atom. The van der Waals surface area contributed by atoms with Crippen LogP contribution in [0.4, 0.5) is 18.9 Å². The summed E-state index contributed by atoms with van der Waals surface area (Å²) in [6.07, 6.45) is -4.42. The van der Waals surface area contributed by atoms with E-state index in [4.69, 9.17) is 4.74 Å². The van der Waals surface area contributed by atoms with E-state index < -0.39 is 18.6 Å². The van der Waals surface area contributed by atoms with E-state index in [1.54, 1.807) is 12.1 Å². The van der Waals surface area contributed by atoms with Gasteiger partial charge in [0, 0.05) is 3.57 Å². The first-order chi connectivity index (χ1) is 7.87. The van der Waals surface area contributed by atoms with E-state index in [2.05, 4.69) is 0 Å². The lowest BCUT2D eigenvalue weighted by atomic mass is 10.2. The van der Waals surface area contributed by atoms with Crippen LogP contribution in [0.5, 0.6) is 5.75 Å². The molecule has 1 aliphatic rings. The van der Waals surface area contributed by atoms with Crippen molar-refractivity contribution in [3.8, 4) is 5.75 Å². The van der Waals surface area contributed by atoms with Crippen molar-refractivity contribution < 1.29 is 22.7 Å². The van der Waals surface area contributed by atoms with Crippen LogP contribution < -0.4 is 9.64 Å². The molecule has 1 heterocycles. The SMILES string of the molecule is O=C1COc2cc(I)ccc2N1CC(F)(F)F. The Morgan fingerprint density at radius 2 is 2.12 bits per heavy atom. The Labute approximate surface area is 109 Å². The van der Waals surface area contributed by atoms with Crippen molar-refractivity contribution >= 4 is 34.2 Å². The lowest BCUT2D eigenvalue weighted by Gasteiger charge is -2.30. The first-order valence-electron chi connectivity index (χ1n) is 4.66. The molecule has 1 amide bonds. The lowest BCUT2D eigenvalue weighted by molar-refractivity contribution is -0.134. The molecule has 0 bridgehead atoms. The Morgan fingerprint density at radius 3 is 2.76 bits per heavy atom. The molecular formula is C10H7F3INO2. The fourth-order valence-electron chi connectivity index (χ4n) is 1.53. The number of halogens is 4. The summed E-state index contributed by atoms with van der Waals surface area (Å²) in [4.78, 5) is 12.1. The third-order valence-corrected chi connectivity index (χ3v) is 2.87. The second-order valence-corrected chi connectivity index (χ2v) is 4.74. The summed E-state index contributed by atoms with van der Waals surface area (Å²) in [6, 6.07) is 4.69. The van der Waals surface area contributed by atoms with E-state index in [-0.39, 0.29) is 12.3 Å². The molecule has 3 nitrogen and oxygen atoms in total. The van der Waals surface area contributed by atoms with Crippen molar-refractivity contribution in [2.45, 2.75) is 6.18 Å². The molecule has 0 saturated carbocycles. The van der Waals surface area contributed by atoms with E-state index in [1.165, 1.54) is 6.07 Å². The predicted molar refractivity (Wildman–Crippen MR) is 63.1 cm³/mol. The number of anilines is 1. The van der Waals surface area contributed by atoms with Gasteiger partial charge >= 0.3 is 6.18 Å². The van der Waals surface area contributed by atoms with Crippen LogP contribution in [0.1, 0.15) is 0 Å². The Bertz CT molecular complexity index is 461. The minimum atomic E-state index is -4.42. The molecule has 0 N–H and O–H groups in total. The minimum absolute atomic E-state index is 0.166. The number of nitrogens with zero attached hydrogens (tertiary/aromatic N) is 1. The van der Waals surface area contributed by atoms with Gasteiger partial charge in [-0.05, 0) is 40.8 Å². The van der Waals surface area contributed by atoms with E-state index in [0.29, 0.717) is 10.6 Å². The number of hydrogen-bond acceptors (Lipinski definition) is 2. The van der Waals surface area contributed by atoms with Crippen molar-refractivity contribution in [1.29, 1.82) is 0 Å². The van der Waals surface area contributed by atoms with Gasteiger partial charge in [-0.2, -0.15) is 13.2 Å². The molecule has 0 saturated heterocycles. The number of rotatable bonds is 1. The molecule has 1 aliphatic heterocycles. The zero-order chi connectivity index (χ0) is 12.6. The lowest BCUT2D eigenvalue weighted by Crippen LogP contribution is -2.44. The highest BCUT2D eigenvalue weighted by molar-refractivity contribution is 14.1. The summed E-state index contributed by atoms with van der Waals surface area (Å²) >= 11 is 2.02. The summed E-state index contributed by atoms with van der Waals surface area (Å²) in [5.74, 6) is -0.378. The number of amides is 1. The number of carbonyl (C=O) groups excluding carboxylic acids is 1. The van der Waals surface area contributed by atoms with Gasteiger partial charge in [-0.1, -0.05) is 0 Å². The average Bonchev–Trinajstić information content (AvgIpc) is 2.21. The van der Waals surface area contributed by atoms with Gasteiger partial charge in [-0.25, -0.2) is 0 Å². The monoisotopic (exact) mass is 357 g/mol. The van der Waals surface area contributed by atoms with Crippen LogP contribution in [0.15, 0.2) is 18.2 Å². The van der Waals surface area contributed by atoms with E-state index in [9.17, 15) is 18.0 Å². The van der Waals surface area contributed by atoms with Gasteiger partial charge < -0.3 is 4.74 Å². The molecule has 0 atom stereocenters. The highest BCUT2D eigenvalue weighted by Gasteiger charge is 2.36. The molecule has 0 fully saturated rings. The first-order valence-corrected chi connectivity index (χ1v) is 5.74. The molecule has 0 radical (unpaired) electrons. The van der Waals surface area contributed by atoms with Crippen molar-refractivity contribution in [2.75, 3.05) is 18.1 Å². The maximum absolute atomic E-state index is 12.4. The number of ether oxygens (including phenoxy) is 1. The van der Waals surface area contributed by atoms with Gasteiger partial charge in [-0.15, -0.1) is 0 Å². The summed E-state index contributed by atoms with van der Waals surface area (Å²) in [7, 11) is 0. The molecule has 0 spiro atoms. The van der Waals surface area contributed by atoms with Gasteiger partial charge in [-0.3, -0.25) is 9.69 Å². The topological polar surface area (TPSA) is 29.5 Å². The molecular weight excluding hydrogens is 350 g/mol. The minimum Gasteiger partial charge on any atom is -0.482 e. The highest BCUT2D eigenvalue weighted by atomic mass is 127. The number of carbonyl (C=O) groups is 1. The molecule has 0 aromatic heterocycles. The van der Waals surface area contributed by atoms with E-state index in [1.807, 2.05) is 22.6 Å². The second kappa shape index (κ2) is 4.35. The fraction of sp³-hybridized carbons (Fsp3) is 0.300. The maximum Gasteiger partial charge on any atom is 0.406 e. The number of fused-ring (bicyclic) bond motifs is 1. The molecule has 1 aromatic carbocycles. The molecule has 0 unspecified atom stereocenters. The zero-order valence-corrected chi connectivity index (χ0v) is 10.6. The molecule has 1 aromatic rings. The number of hydrogen-bond donors (Lipinski definition) is 0. The average molecular weight is 357 g/mol. The van der Waals surface area contributed by atoms with Gasteiger partial charge in [0.05, 0.1) is 5.69 Å². The summed E-state index contributed by atoms with van der Waals surface area (Å²) in [5, 5.41) is 0. The largest absolute Gasteiger partial charge is 0.482 e. The Kier molecular flexibility index (Phi) is 3.19. The van der Waals surface area contributed by atoms with Gasteiger partial charge in [0.15, 0.2) is 6.61 Å². The zero-order valence-electron chi connectivity index (χ0n) is 8.42. The smallest absolute Gasteiger partial charge is 0.406 e. The van der Waals surface area contributed by atoms with E-state index in [0.717, 1.165) is 3.57 Å². The first kappa shape index (κ1) is 12.5. The summed E-state index contributed by atoms with van der Waals surface area (Å²) < 4.78 is 43.0. The standard InChI is InChI=1S/C10H7F3INO2/c11-10(12,13)5-15-7-2-1-6(14)3-8(7)17-4-9(15)16/h1-3H,4-5H2. The predicted octanol–water partition coefficient (Wildman–Crippen LogP) is 2.58. The van der Waals surface area contributed by atoms with Crippen LogP contribution in [0.3, 0.4) is 0 Å². The third kappa shape index (κ3) is 2.82. The van der Waals surface area contributed by atoms with Gasteiger partial charge in [0.1, 0.15) is 12.3 Å². The van der Waals surface area contributed by atoms with Crippen molar-refractivity contribution in [1.82, 2.24) is 0 Å². The van der Waals surface area contributed by atoms with Crippen molar-refractivity contribution in [3.63, 3.8) is 0 Å². The molecule has 17 heavy (non-hydrogen) atoms. The van der Waals surface area contributed by atoms with Crippen LogP contribution in [-0.2, 0) is 4.79 Å². The van der Waals surface area contributed by atoms with Crippen molar-refractivity contribution in [3.05, 3.63) is 21.8 Å². The maximum atomic E-state index is 12.4. The number of alkyl halides is 3. The fourth-order valence-corrected chi connectivity index (χ4v) is 1.99. The number of benzene rings is 1. The van der Waals surface area contributed by atoms with E-state index >= 15 is 0 Å². The quantitative estimate of drug-likeness (QED) is 0.724. The molecule has 2 rings (SSSR count). The van der Waals surface area contributed by atoms with Crippen molar-refractivity contribution in [2.24, 2.45) is 0 Å². The summed E-state index contributed by atoms with van der Waals surface area (Å²) in [6.45, 7) is -1.65. The van der Waals surface area contributed by atoms with Crippen LogP contribution in [0.2, 0.25) is 0 Å². The molecule has 92 valence electrons. The summed E-state index contributed by atoms with van der Waals surface area (Å²) in [5.41, 5.74) is 0.166. The van der Waals surface area contributed by atoms with Crippen LogP contribution in [-0.4, -0.2) is 25.2 Å². The Hall–Kier alpha value is -0.990. The van der Waals surface area contributed by atoms with Crippen LogP contribution in [0.25, 0.3) is 0 Å². The normalized spacial score (nSPS) is 15.5. The Balaban J connectivity index is 2.37. The van der Waals surface area contributed by atoms with Gasteiger partial charge in [0.25, 0.3) is 5.91 Å². The third-order valence-electron chi connectivity index (χ3n) is 2.20. The van der Waals surface area contributed by atoms with Crippen LogP contribution in [0, 0.1) is 3.57 Å². The second-order valence-electron chi connectivity index (χ2n) is 3.50. The van der Waals surface area contributed by atoms with Crippen LogP contribution >= 0.6 is 22.6 Å². The highest BCUT2D eigenvalue weighted by Crippen LogP contribution is 2.35. The molecule has 0 aliphatic carbocycles.